The van der Waals surface area contributed by atoms with Crippen molar-refractivity contribution < 1.29 is 0 Å². The van der Waals surface area contributed by atoms with Gasteiger partial charge in [-0.3, -0.25) is 4.90 Å². The molecule has 1 atom stereocenters. The molecular weight excluding hydrogens is 220 g/mol. The van der Waals surface area contributed by atoms with Crippen LogP contribution in [0.5, 0.6) is 0 Å². The zero-order chi connectivity index (χ0) is 12.4. The molecule has 0 aliphatic carbocycles. The van der Waals surface area contributed by atoms with Gasteiger partial charge in [0.25, 0.3) is 0 Å². The Balaban J connectivity index is 1.53. The van der Waals surface area contributed by atoms with Crippen LogP contribution in [0.1, 0.15) is 30.4 Å². The van der Waals surface area contributed by atoms with Gasteiger partial charge in [-0.05, 0) is 69.1 Å². The van der Waals surface area contributed by atoms with Gasteiger partial charge in [0.15, 0.2) is 0 Å². The summed E-state index contributed by atoms with van der Waals surface area (Å²) in [5, 5.41) is 0. The van der Waals surface area contributed by atoms with Crippen molar-refractivity contribution in [3.8, 4) is 0 Å². The van der Waals surface area contributed by atoms with Crippen molar-refractivity contribution in [3.05, 3.63) is 35.4 Å². The van der Waals surface area contributed by atoms with Gasteiger partial charge in [0.1, 0.15) is 0 Å². The van der Waals surface area contributed by atoms with Crippen LogP contribution in [-0.4, -0.2) is 42.5 Å². The average molecular weight is 243 g/mol. The minimum Gasteiger partial charge on any atom is -0.303 e. The van der Waals surface area contributed by atoms with Gasteiger partial charge in [-0.2, -0.15) is 0 Å². The van der Waals surface area contributed by atoms with Crippen LogP contribution < -0.4 is 0 Å². The van der Waals surface area contributed by atoms with Crippen LogP contribution in [0.15, 0.2) is 18.2 Å². The third kappa shape index (κ3) is 2.60. The standard InChI is InChI=1S/C16H23N2/c1-17-10-4-7-16(17)9-12-18-11-8-14-5-2-3-6-15(14)13-18/h2,5-6,16H,4,7-13H2,1H3. The molecular formula is C16H23N2. The van der Waals surface area contributed by atoms with E-state index in [0.29, 0.717) is 0 Å². The summed E-state index contributed by atoms with van der Waals surface area (Å²) in [6.45, 7) is 4.91. The van der Waals surface area contributed by atoms with Crippen LogP contribution >= 0.6 is 0 Å². The fourth-order valence-corrected chi connectivity index (χ4v) is 3.35. The van der Waals surface area contributed by atoms with Gasteiger partial charge in [0.2, 0.25) is 0 Å². The highest BCUT2D eigenvalue weighted by molar-refractivity contribution is 5.28. The second-order valence-electron chi connectivity index (χ2n) is 5.79. The van der Waals surface area contributed by atoms with E-state index in [0.717, 1.165) is 12.6 Å². The molecule has 1 fully saturated rings. The molecule has 1 saturated heterocycles. The van der Waals surface area contributed by atoms with Crippen molar-refractivity contribution >= 4 is 0 Å². The smallest absolute Gasteiger partial charge is 0.0236 e. The molecule has 97 valence electrons. The van der Waals surface area contributed by atoms with Crippen molar-refractivity contribution in [1.82, 2.24) is 9.80 Å². The van der Waals surface area contributed by atoms with E-state index in [2.05, 4.69) is 35.0 Å². The zero-order valence-electron chi connectivity index (χ0n) is 11.4. The van der Waals surface area contributed by atoms with E-state index in [1.165, 1.54) is 56.4 Å². The molecule has 0 aromatic heterocycles. The maximum Gasteiger partial charge on any atom is 0.0236 e. The molecule has 0 amide bonds. The summed E-state index contributed by atoms with van der Waals surface area (Å²) >= 11 is 0. The molecule has 0 spiro atoms. The second kappa shape index (κ2) is 5.41. The molecule has 2 heteroatoms. The summed E-state index contributed by atoms with van der Waals surface area (Å²) in [4.78, 5) is 5.15. The predicted octanol–water partition coefficient (Wildman–Crippen LogP) is 2.33. The lowest BCUT2D eigenvalue weighted by molar-refractivity contribution is 0.211. The first-order valence-electron chi connectivity index (χ1n) is 7.23. The zero-order valence-corrected chi connectivity index (χ0v) is 11.4. The summed E-state index contributed by atoms with van der Waals surface area (Å²) in [5.41, 5.74) is 3.02. The van der Waals surface area contributed by atoms with E-state index in [1.54, 1.807) is 0 Å². The molecule has 1 unspecified atom stereocenters. The average Bonchev–Trinajstić information content (AvgIpc) is 2.82. The van der Waals surface area contributed by atoms with Crippen LogP contribution in [0.3, 0.4) is 0 Å². The number of nitrogens with zero attached hydrogens (tertiary/aromatic N) is 2. The molecule has 3 rings (SSSR count). The van der Waals surface area contributed by atoms with Crippen molar-refractivity contribution in [2.45, 2.75) is 38.3 Å². The lowest BCUT2D eigenvalue weighted by Crippen LogP contribution is -2.35. The monoisotopic (exact) mass is 243 g/mol. The topological polar surface area (TPSA) is 6.48 Å². The summed E-state index contributed by atoms with van der Waals surface area (Å²) in [6, 6.07) is 10.5. The highest BCUT2D eigenvalue weighted by Gasteiger charge is 2.22. The SMILES string of the molecule is CN1CCCC1CCN1CCc2cc[c]cc2C1. The highest BCUT2D eigenvalue weighted by Crippen LogP contribution is 2.21. The molecule has 0 N–H and O–H groups in total. The second-order valence-corrected chi connectivity index (χ2v) is 5.79. The van der Waals surface area contributed by atoms with Crippen molar-refractivity contribution in [3.63, 3.8) is 0 Å². The lowest BCUT2D eigenvalue weighted by Gasteiger charge is -2.30. The Morgan fingerprint density at radius 1 is 1.33 bits per heavy atom. The van der Waals surface area contributed by atoms with Gasteiger partial charge < -0.3 is 4.90 Å². The van der Waals surface area contributed by atoms with E-state index in [1.807, 2.05) is 6.07 Å². The minimum absolute atomic E-state index is 0.828. The Bertz CT molecular complexity index is 402. The highest BCUT2D eigenvalue weighted by atomic mass is 15.2. The van der Waals surface area contributed by atoms with E-state index in [-0.39, 0.29) is 0 Å². The number of hydrogen-bond donors (Lipinski definition) is 0. The lowest BCUT2D eigenvalue weighted by atomic mass is 9.99. The van der Waals surface area contributed by atoms with Crippen LogP contribution in [-0.2, 0) is 13.0 Å². The van der Waals surface area contributed by atoms with Gasteiger partial charge in [0.05, 0.1) is 0 Å². The summed E-state index contributed by atoms with van der Waals surface area (Å²) < 4.78 is 0. The first-order valence-corrected chi connectivity index (χ1v) is 7.23. The first kappa shape index (κ1) is 12.2. The Kier molecular flexibility index (Phi) is 3.67. The fourth-order valence-electron chi connectivity index (χ4n) is 3.35. The molecule has 1 radical (unpaired) electrons. The Labute approximate surface area is 111 Å². The molecule has 0 bridgehead atoms. The minimum atomic E-state index is 0.828. The van der Waals surface area contributed by atoms with Crippen molar-refractivity contribution in [1.29, 1.82) is 0 Å². The summed E-state index contributed by atoms with van der Waals surface area (Å²) in [6.07, 6.45) is 5.33. The third-order valence-electron chi connectivity index (χ3n) is 4.59. The van der Waals surface area contributed by atoms with E-state index in [4.69, 9.17) is 0 Å². The van der Waals surface area contributed by atoms with Gasteiger partial charge in [0, 0.05) is 19.1 Å². The molecule has 2 heterocycles. The molecule has 0 saturated carbocycles. The van der Waals surface area contributed by atoms with Crippen molar-refractivity contribution in [2.24, 2.45) is 0 Å². The molecule has 2 aliphatic heterocycles. The van der Waals surface area contributed by atoms with Crippen LogP contribution in [0.25, 0.3) is 0 Å². The van der Waals surface area contributed by atoms with E-state index < -0.39 is 0 Å². The van der Waals surface area contributed by atoms with Crippen molar-refractivity contribution in [2.75, 3.05) is 26.7 Å². The van der Waals surface area contributed by atoms with Crippen LogP contribution in [0.4, 0.5) is 0 Å². The fraction of sp³-hybridized carbons (Fsp3) is 0.625. The van der Waals surface area contributed by atoms with Crippen LogP contribution in [0, 0.1) is 6.07 Å². The Morgan fingerprint density at radius 3 is 3.11 bits per heavy atom. The maximum atomic E-state index is 3.21. The van der Waals surface area contributed by atoms with Gasteiger partial charge in [-0.15, -0.1) is 0 Å². The summed E-state index contributed by atoms with van der Waals surface area (Å²) in [7, 11) is 2.28. The molecule has 2 nitrogen and oxygen atoms in total. The largest absolute Gasteiger partial charge is 0.303 e. The van der Waals surface area contributed by atoms with Gasteiger partial charge in [-0.25, -0.2) is 0 Å². The maximum absolute atomic E-state index is 3.21. The van der Waals surface area contributed by atoms with Gasteiger partial charge in [-0.1, -0.05) is 12.1 Å². The quantitative estimate of drug-likeness (QED) is 0.804. The number of hydrogen-bond acceptors (Lipinski definition) is 2. The first-order chi connectivity index (χ1) is 8.83. The van der Waals surface area contributed by atoms with Gasteiger partial charge >= 0.3 is 0 Å². The molecule has 18 heavy (non-hydrogen) atoms. The number of rotatable bonds is 3. The van der Waals surface area contributed by atoms with Crippen LogP contribution in [0.2, 0.25) is 0 Å². The summed E-state index contributed by atoms with van der Waals surface area (Å²) in [5.74, 6) is 0. The normalized spacial score (nSPS) is 25.3. The third-order valence-corrected chi connectivity index (χ3v) is 4.59. The predicted molar refractivity (Wildman–Crippen MR) is 74.5 cm³/mol. The molecule has 1 aromatic rings. The molecule has 2 aliphatic rings. The molecule has 1 aromatic carbocycles. The number of likely N-dealkylation sites (tertiary alicyclic amines) is 1. The number of benzene rings is 1. The number of fused-ring (bicyclic) bond motifs is 1. The van der Waals surface area contributed by atoms with E-state index >= 15 is 0 Å². The van der Waals surface area contributed by atoms with E-state index in [9.17, 15) is 0 Å². The Morgan fingerprint density at radius 2 is 2.28 bits per heavy atom. The Hall–Kier alpha value is -0.860.